The largest absolute Gasteiger partial charge is 0.398 e. The van der Waals surface area contributed by atoms with E-state index in [-0.39, 0.29) is 11.9 Å². The molecule has 0 bridgehead atoms. The van der Waals surface area contributed by atoms with E-state index in [2.05, 4.69) is 4.98 Å². The van der Waals surface area contributed by atoms with Gasteiger partial charge >= 0.3 is 0 Å². The average molecular weight is 234 g/mol. The first kappa shape index (κ1) is 11.2. The zero-order valence-electron chi connectivity index (χ0n) is 9.05. The van der Waals surface area contributed by atoms with E-state index in [0.717, 1.165) is 21.4 Å². The molecule has 0 aliphatic carbocycles. The summed E-state index contributed by atoms with van der Waals surface area (Å²) < 4.78 is 0. The molecule has 3 nitrogen and oxygen atoms in total. The Morgan fingerprint density at radius 1 is 1.38 bits per heavy atom. The van der Waals surface area contributed by atoms with Crippen LogP contribution in [0.15, 0.2) is 35.5 Å². The Kier molecular flexibility index (Phi) is 3.31. The highest BCUT2D eigenvalue weighted by atomic mass is 32.2. The van der Waals surface area contributed by atoms with Gasteiger partial charge in [-0.1, -0.05) is 6.92 Å². The van der Waals surface area contributed by atoms with Crippen LogP contribution in [-0.4, -0.2) is 21.9 Å². The second-order valence-corrected chi connectivity index (χ2v) is 5.17. The molecule has 0 aliphatic rings. The SMILES string of the molecule is CC(CO)Sc1ccc(N)c2cnccc12. The number of fused-ring (bicyclic) bond motifs is 1. The van der Waals surface area contributed by atoms with Gasteiger partial charge in [0.25, 0.3) is 0 Å². The predicted molar refractivity (Wildman–Crippen MR) is 68.6 cm³/mol. The maximum absolute atomic E-state index is 9.06. The zero-order chi connectivity index (χ0) is 11.5. The minimum Gasteiger partial charge on any atom is -0.398 e. The lowest BCUT2D eigenvalue weighted by Crippen LogP contribution is -2.01. The monoisotopic (exact) mass is 234 g/mol. The highest BCUT2D eigenvalue weighted by Crippen LogP contribution is 2.32. The molecule has 1 aromatic heterocycles. The van der Waals surface area contributed by atoms with Gasteiger partial charge < -0.3 is 10.8 Å². The number of nitrogen functional groups attached to an aromatic ring is 1. The first-order valence-corrected chi connectivity index (χ1v) is 6.00. The van der Waals surface area contributed by atoms with E-state index in [1.54, 1.807) is 24.2 Å². The molecule has 3 N–H and O–H groups in total. The van der Waals surface area contributed by atoms with Crippen molar-refractivity contribution in [3.63, 3.8) is 0 Å². The van der Waals surface area contributed by atoms with Crippen LogP contribution in [0.2, 0.25) is 0 Å². The van der Waals surface area contributed by atoms with Crippen molar-refractivity contribution in [3.8, 4) is 0 Å². The van der Waals surface area contributed by atoms with Crippen LogP contribution in [0.1, 0.15) is 6.92 Å². The predicted octanol–water partition coefficient (Wildman–Crippen LogP) is 2.29. The fraction of sp³-hybridized carbons (Fsp3) is 0.250. The standard InChI is InChI=1S/C12H14N2OS/c1-8(7-15)16-12-3-2-11(13)10-6-14-5-4-9(10)12/h2-6,8,15H,7,13H2,1H3. The number of rotatable bonds is 3. The average Bonchev–Trinajstić information content (AvgIpc) is 2.33. The topological polar surface area (TPSA) is 59.1 Å². The summed E-state index contributed by atoms with van der Waals surface area (Å²) in [5.41, 5.74) is 6.63. The molecule has 2 rings (SSSR count). The Labute approximate surface area is 98.7 Å². The summed E-state index contributed by atoms with van der Waals surface area (Å²) in [6.07, 6.45) is 3.54. The van der Waals surface area contributed by atoms with Gasteiger partial charge in [0.15, 0.2) is 0 Å². The summed E-state index contributed by atoms with van der Waals surface area (Å²) in [5.74, 6) is 0. The smallest absolute Gasteiger partial charge is 0.0550 e. The van der Waals surface area contributed by atoms with E-state index < -0.39 is 0 Å². The van der Waals surface area contributed by atoms with Crippen molar-refractivity contribution >= 4 is 28.2 Å². The Balaban J connectivity index is 2.50. The second kappa shape index (κ2) is 4.72. The van der Waals surface area contributed by atoms with Crippen LogP contribution >= 0.6 is 11.8 Å². The number of pyridine rings is 1. The molecule has 0 spiro atoms. The van der Waals surface area contributed by atoms with Crippen molar-refractivity contribution in [1.29, 1.82) is 0 Å². The van der Waals surface area contributed by atoms with Gasteiger partial charge in [-0.2, -0.15) is 0 Å². The van der Waals surface area contributed by atoms with Gasteiger partial charge in [-0.05, 0) is 18.2 Å². The number of hydrogen-bond acceptors (Lipinski definition) is 4. The number of nitrogens with zero attached hydrogens (tertiary/aromatic N) is 1. The van der Waals surface area contributed by atoms with Crippen LogP contribution in [0.5, 0.6) is 0 Å². The summed E-state index contributed by atoms with van der Waals surface area (Å²) in [6, 6.07) is 5.84. The van der Waals surface area contributed by atoms with Crippen molar-refractivity contribution in [3.05, 3.63) is 30.6 Å². The molecule has 4 heteroatoms. The quantitative estimate of drug-likeness (QED) is 0.632. The third-order valence-electron chi connectivity index (χ3n) is 2.40. The summed E-state index contributed by atoms with van der Waals surface area (Å²) in [6.45, 7) is 2.16. The Hall–Kier alpha value is -1.26. The summed E-state index contributed by atoms with van der Waals surface area (Å²) in [7, 11) is 0. The van der Waals surface area contributed by atoms with Crippen molar-refractivity contribution in [2.45, 2.75) is 17.1 Å². The van der Waals surface area contributed by atoms with Gasteiger partial charge in [0.2, 0.25) is 0 Å². The third-order valence-corrected chi connectivity index (χ3v) is 3.56. The second-order valence-electron chi connectivity index (χ2n) is 3.69. The number of anilines is 1. The van der Waals surface area contributed by atoms with Gasteiger partial charge in [-0.3, -0.25) is 4.98 Å². The Bertz CT molecular complexity index is 501. The minimum absolute atomic E-state index is 0.168. The number of aliphatic hydroxyl groups excluding tert-OH is 1. The molecule has 1 heterocycles. The van der Waals surface area contributed by atoms with Gasteiger partial charge in [-0.25, -0.2) is 0 Å². The molecule has 84 valence electrons. The lowest BCUT2D eigenvalue weighted by Gasteiger charge is -2.11. The van der Waals surface area contributed by atoms with Crippen LogP contribution in [0, 0.1) is 0 Å². The number of aliphatic hydroxyl groups is 1. The van der Waals surface area contributed by atoms with Crippen LogP contribution in [0.25, 0.3) is 10.8 Å². The van der Waals surface area contributed by atoms with Crippen molar-refractivity contribution in [2.75, 3.05) is 12.3 Å². The van der Waals surface area contributed by atoms with Gasteiger partial charge in [0, 0.05) is 39.0 Å². The molecule has 0 amide bonds. The van der Waals surface area contributed by atoms with Gasteiger partial charge in [0.1, 0.15) is 0 Å². The van der Waals surface area contributed by atoms with E-state index >= 15 is 0 Å². The highest BCUT2D eigenvalue weighted by molar-refractivity contribution is 8.00. The first-order chi connectivity index (χ1) is 7.72. The molecule has 0 saturated heterocycles. The number of aromatic nitrogens is 1. The van der Waals surface area contributed by atoms with E-state index in [4.69, 9.17) is 10.8 Å². The molecule has 1 aromatic carbocycles. The van der Waals surface area contributed by atoms with Crippen LogP contribution in [-0.2, 0) is 0 Å². The summed E-state index contributed by atoms with van der Waals surface area (Å²) >= 11 is 1.65. The van der Waals surface area contributed by atoms with E-state index in [0.29, 0.717) is 0 Å². The van der Waals surface area contributed by atoms with Crippen molar-refractivity contribution < 1.29 is 5.11 Å². The lowest BCUT2D eigenvalue weighted by molar-refractivity contribution is 0.300. The molecule has 16 heavy (non-hydrogen) atoms. The van der Waals surface area contributed by atoms with Crippen LogP contribution in [0.3, 0.4) is 0 Å². The number of nitrogens with two attached hydrogens (primary N) is 1. The molecule has 1 unspecified atom stereocenters. The molecular weight excluding hydrogens is 220 g/mol. The minimum atomic E-state index is 0.168. The van der Waals surface area contributed by atoms with Gasteiger partial charge in [-0.15, -0.1) is 11.8 Å². The molecule has 0 radical (unpaired) electrons. The molecule has 0 saturated carbocycles. The fourth-order valence-electron chi connectivity index (χ4n) is 1.54. The van der Waals surface area contributed by atoms with Crippen LogP contribution < -0.4 is 5.73 Å². The van der Waals surface area contributed by atoms with Crippen molar-refractivity contribution in [2.24, 2.45) is 0 Å². The first-order valence-electron chi connectivity index (χ1n) is 5.12. The Morgan fingerprint density at radius 3 is 2.94 bits per heavy atom. The summed E-state index contributed by atoms with van der Waals surface area (Å²) in [5, 5.41) is 11.3. The van der Waals surface area contributed by atoms with Crippen LogP contribution in [0.4, 0.5) is 5.69 Å². The normalized spacial score (nSPS) is 12.9. The summed E-state index contributed by atoms with van der Waals surface area (Å²) in [4.78, 5) is 5.21. The van der Waals surface area contributed by atoms with E-state index in [1.807, 2.05) is 25.1 Å². The molecule has 0 aliphatic heterocycles. The molecule has 0 fully saturated rings. The number of thioether (sulfide) groups is 1. The van der Waals surface area contributed by atoms with Gasteiger partial charge in [0.05, 0.1) is 6.61 Å². The lowest BCUT2D eigenvalue weighted by atomic mass is 10.1. The Morgan fingerprint density at radius 2 is 2.19 bits per heavy atom. The fourth-order valence-corrected chi connectivity index (χ4v) is 2.50. The zero-order valence-corrected chi connectivity index (χ0v) is 9.87. The van der Waals surface area contributed by atoms with E-state index in [1.165, 1.54) is 0 Å². The maximum Gasteiger partial charge on any atom is 0.0550 e. The molecule has 1 atom stereocenters. The van der Waals surface area contributed by atoms with E-state index in [9.17, 15) is 0 Å². The number of benzene rings is 1. The third kappa shape index (κ3) is 2.13. The molecule has 2 aromatic rings. The number of hydrogen-bond donors (Lipinski definition) is 2. The highest BCUT2D eigenvalue weighted by Gasteiger charge is 2.08. The maximum atomic E-state index is 9.06. The molecular formula is C12H14N2OS. The van der Waals surface area contributed by atoms with Crippen molar-refractivity contribution in [1.82, 2.24) is 4.98 Å².